The van der Waals surface area contributed by atoms with Crippen LogP contribution in [0.25, 0.3) is 0 Å². The van der Waals surface area contributed by atoms with Gasteiger partial charge in [0.05, 0.1) is 12.0 Å². The molecule has 0 amide bonds. The number of Topliss-reactive ketones (excluding diaryl/α,β-unsaturated/α-hetero) is 1. The summed E-state index contributed by atoms with van der Waals surface area (Å²) in [6.45, 7) is 3.67. The van der Waals surface area contributed by atoms with Crippen LogP contribution >= 0.6 is 11.6 Å². The maximum absolute atomic E-state index is 11.7. The summed E-state index contributed by atoms with van der Waals surface area (Å²) >= 11 is 5.46. The minimum Gasteiger partial charge on any atom is -0.389 e. The van der Waals surface area contributed by atoms with Crippen molar-refractivity contribution in [2.75, 3.05) is 5.88 Å². The van der Waals surface area contributed by atoms with Gasteiger partial charge >= 0.3 is 0 Å². The minimum absolute atomic E-state index is 0.0339. The van der Waals surface area contributed by atoms with Crippen LogP contribution in [0.15, 0.2) is 24.3 Å². The van der Waals surface area contributed by atoms with E-state index in [2.05, 4.69) is 0 Å². The van der Waals surface area contributed by atoms with Crippen molar-refractivity contribution in [2.24, 2.45) is 5.92 Å². The van der Waals surface area contributed by atoms with E-state index in [-0.39, 0.29) is 17.6 Å². The molecular formula is C13H17ClO3. The Kier molecular flexibility index (Phi) is 5.12. The zero-order valence-corrected chi connectivity index (χ0v) is 10.7. The van der Waals surface area contributed by atoms with Crippen LogP contribution in [0, 0.1) is 5.92 Å². The molecule has 3 nitrogen and oxygen atoms in total. The molecule has 1 rings (SSSR count). The molecule has 0 radical (unpaired) electrons. The number of carbonyl (C=O) groups is 1. The van der Waals surface area contributed by atoms with Crippen molar-refractivity contribution in [3.63, 3.8) is 0 Å². The van der Waals surface area contributed by atoms with Crippen molar-refractivity contribution in [2.45, 2.75) is 26.1 Å². The Morgan fingerprint density at radius 3 is 2.18 bits per heavy atom. The average molecular weight is 257 g/mol. The molecule has 0 aliphatic heterocycles. The Balaban J connectivity index is 2.84. The maximum Gasteiger partial charge on any atom is 0.165 e. The second-order valence-corrected chi connectivity index (χ2v) is 4.62. The fourth-order valence-electron chi connectivity index (χ4n) is 1.48. The summed E-state index contributed by atoms with van der Waals surface area (Å²) in [6.07, 6.45) is -2.01. The highest BCUT2D eigenvalue weighted by Gasteiger charge is 2.18. The van der Waals surface area contributed by atoms with Crippen LogP contribution in [0.5, 0.6) is 0 Å². The van der Waals surface area contributed by atoms with E-state index < -0.39 is 12.2 Å². The van der Waals surface area contributed by atoms with Gasteiger partial charge in [-0.1, -0.05) is 38.1 Å². The number of hydrogen-bond donors (Lipinski definition) is 2. The third-order valence-electron chi connectivity index (χ3n) is 2.58. The fraction of sp³-hybridized carbons (Fsp3) is 0.462. The van der Waals surface area contributed by atoms with Gasteiger partial charge < -0.3 is 10.2 Å². The first kappa shape index (κ1) is 14.2. The van der Waals surface area contributed by atoms with Crippen LogP contribution in [0.2, 0.25) is 0 Å². The van der Waals surface area contributed by atoms with Gasteiger partial charge in [-0.3, -0.25) is 4.79 Å². The van der Waals surface area contributed by atoms with Gasteiger partial charge in [-0.05, 0) is 5.56 Å². The maximum atomic E-state index is 11.7. The van der Waals surface area contributed by atoms with E-state index in [1.807, 2.05) is 13.8 Å². The van der Waals surface area contributed by atoms with E-state index in [1.165, 1.54) is 0 Å². The molecule has 17 heavy (non-hydrogen) atoms. The number of carbonyl (C=O) groups excluding carboxylic acids is 1. The molecule has 0 spiro atoms. The predicted molar refractivity (Wildman–Crippen MR) is 67.3 cm³/mol. The SMILES string of the molecule is CC(C)C(=O)c1ccc(C(O)C(O)CCl)cc1. The van der Waals surface area contributed by atoms with Gasteiger partial charge in [-0.2, -0.15) is 0 Å². The molecular weight excluding hydrogens is 240 g/mol. The molecule has 0 saturated heterocycles. The first-order valence-corrected chi connectivity index (χ1v) is 6.07. The second-order valence-electron chi connectivity index (χ2n) is 4.31. The third kappa shape index (κ3) is 3.53. The number of ketones is 1. The molecule has 1 aromatic carbocycles. The van der Waals surface area contributed by atoms with Crippen molar-refractivity contribution >= 4 is 17.4 Å². The number of aliphatic hydroxyl groups is 2. The molecule has 0 saturated carbocycles. The van der Waals surface area contributed by atoms with Crippen molar-refractivity contribution in [1.82, 2.24) is 0 Å². The fourth-order valence-corrected chi connectivity index (χ4v) is 1.65. The summed E-state index contributed by atoms with van der Waals surface area (Å²) in [5.41, 5.74) is 1.16. The van der Waals surface area contributed by atoms with Gasteiger partial charge in [0.2, 0.25) is 0 Å². The van der Waals surface area contributed by atoms with E-state index in [9.17, 15) is 15.0 Å². The Morgan fingerprint density at radius 1 is 1.24 bits per heavy atom. The lowest BCUT2D eigenvalue weighted by atomic mass is 9.98. The molecule has 0 heterocycles. The van der Waals surface area contributed by atoms with E-state index in [0.717, 1.165) is 0 Å². The van der Waals surface area contributed by atoms with E-state index in [0.29, 0.717) is 11.1 Å². The minimum atomic E-state index is -1.02. The van der Waals surface area contributed by atoms with E-state index in [4.69, 9.17) is 11.6 Å². The topological polar surface area (TPSA) is 57.5 Å². The summed E-state index contributed by atoms with van der Waals surface area (Å²) in [5, 5.41) is 19.1. The number of rotatable bonds is 5. The van der Waals surface area contributed by atoms with Crippen LogP contribution < -0.4 is 0 Å². The third-order valence-corrected chi connectivity index (χ3v) is 2.90. The standard InChI is InChI=1S/C13H17ClO3/c1-8(2)12(16)9-3-5-10(6-4-9)13(17)11(15)7-14/h3-6,8,11,13,15,17H,7H2,1-2H3. The monoisotopic (exact) mass is 256 g/mol. The van der Waals surface area contributed by atoms with E-state index in [1.54, 1.807) is 24.3 Å². The molecule has 94 valence electrons. The van der Waals surface area contributed by atoms with Gasteiger partial charge in [-0.25, -0.2) is 0 Å². The van der Waals surface area contributed by atoms with Crippen molar-refractivity contribution in [1.29, 1.82) is 0 Å². The molecule has 2 atom stereocenters. The molecule has 0 bridgehead atoms. The van der Waals surface area contributed by atoms with Crippen molar-refractivity contribution in [3.8, 4) is 0 Å². The number of halogens is 1. The van der Waals surface area contributed by atoms with Gasteiger partial charge in [-0.15, -0.1) is 11.6 Å². The summed E-state index contributed by atoms with van der Waals surface area (Å²) in [6, 6.07) is 6.58. The van der Waals surface area contributed by atoms with Crippen LogP contribution in [-0.4, -0.2) is 28.0 Å². The Hall–Kier alpha value is -0.900. The molecule has 0 aliphatic rings. The smallest absolute Gasteiger partial charge is 0.165 e. The first-order chi connectivity index (χ1) is 7.97. The number of alkyl halides is 1. The normalized spacial score (nSPS) is 14.7. The number of aliphatic hydroxyl groups excluding tert-OH is 2. The highest BCUT2D eigenvalue weighted by Crippen LogP contribution is 2.19. The first-order valence-electron chi connectivity index (χ1n) is 5.53. The van der Waals surface area contributed by atoms with Crippen molar-refractivity contribution in [3.05, 3.63) is 35.4 Å². The lowest BCUT2D eigenvalue weighted by Gasteiger charge is -2.16. The average Bonchev–Trinajstić information content (AvgIpc) is 2.36. The molecule has 0 aliphatic carbocycles. The number of benzene rings is 1. The second kappa shape index (κ2) is 6.15. The lowest BCUT2D eigenvalue weighted by Crippen LogP contribution is -2.19. The van der Waals surface area contributed by atoms with Crippen molar-refractivity contribution < 1.29 is 15.0 Å². The quantitative estimate of drug-likeness (QED) is 0.627. The Morgan fingerprint density at radius 2 is 1.76 bits per heavy atom. The Labute approximate surface area is 106 Å². The zero-order valence-electron chi connectivity index (χ0n) is 9.93. The van der Waals surface area contributed by atoms with Gasteiger partial charge in [0.25, 0.3) is 0 Å². The van der Waals surface area contributed by atoms with Crippen LogP contribution in [0.3, 0.4) is 0 Å². The summed E-state index contributed by atoms with van der Waals surface area (Å²) in [5.74, 6) is -0.0310. The largest absolute Gasteiger partial charge is 0.389 e. The predicted octanol–water partition coefficient (Wildman–Crippen LogP) is 2.16. The summed E-state index contributed by atoms with van der Waals surface area (Å²) < 4.78 is 0. The van der Waals surface area contributed by atoms with Gasteiger partial charge in [0, 0.05) is 11.5 Å². The van der Waals surface area contributed by atoms with Gasteiger partial charge in [0.15, 0.2) is 5.78 Å². The molecule has 1 aromatic rings. The van der Waals surface area contributed by atoms with Crippen LogP contribution in [0.1, 0.15) is 35.9 Å². The van der Waals surface area contributed by atoms with E-state index >= 15 is 0 Å². The van der Waals surface area contributed by atoms with Crippen LogP contribution in [-0.2, 0) is 0 Å². The van der Waals surface area contributed by atoms with Crippen LogP contribution in [0.4, 0.5) is 0 Å². The zero-order chi connectivity index (χ0) is 13.0. The molecule has 0 aromatic heterocycles. The summed E-state index contributed by atoms with van der Waals surface area (Å²) in [7, 11) is 0. The molecule has 2 unspecified atom stereocenters. The highest BCUT2D eigenvalue weighted by molar-refractivity contribution is 6.18. The summed E-state index contributed by atoms with van der Waals surface area (Å²) in [4.78, 5) is 11.7. The number of hydrogen-bond acceptors (Lipinski definition) is 3. The highest BCUT2D eigenvalue weighted by atomic mass is 35.5. The molecule has 4 heteroatoms. The lowest BCUT2D eigenvalue weighted by molar-refractivity contribution is 0.0327. The molecule has 2 N–H and O–H groups in total. The van der Waals surface area contributed by atoms with Gasteiger partial charge in [0.1, 0.15) is 6.10 Å². The molecule has 0 fully saturated rings. The Bertz CT molecular complexity index is 373.